The molecule has 5 aromatic heterocycles. The predicted octanol–water partition coefficient (Wildman–Crippen LogP) is 15.8. The minimum Gasteiger partial charge on any atom is -0.307 e. The van der Waals surface area contributed by atoms with Gasteiger partial charge in [-0.1, -0.05) is 127 Å². The monoisotopic (exact) mass is 851 g/mol. The molecule has 7 heteroatoms. The Morgan fingerprint density at radius 1 is 0.297 bits per heavy atom. The second-order valence-electron chi connectivity index (χ2n) is 16.4. The van der Waals surface area contributed by atoms with Crippen LogP contribution < -0.4 is 0 Å². The summed E-state index contributed by atoms with van der Waals surface area (Å²) in [6.45, 7) is 0. The van der Waals surface area contributed by atoms with Gasteiger partial charge in [-0.3, -0.25) is 0 Å². The lowest BCUT2D eigenvalue weighted by atomic mass is 10.1. The van der Waals surface area contributed by atoms with Crippen LogP contribution in [-0.4, -0.2) is 24.1 Å². The maximum Gasteiger partial charge on any atom is 0.164 e. The SMILES string of the molecule is c1ccc(-n2c3ccccc3c3cccc(-n4c5ccccc5c5ccc(-c6nc(-c7ccc8c(c7)sc7ccccc78)nc(-c7ccc8sc9ccccc9c8c7)n6)cc54)c32)cc1. The van der Waals surface area contributed by atoms with Crippen LogP contribution in [0, 0.1) is 0 Å². The van der Waals surface area contributed by atoms with Crippen molar-refractivity contribution in [3.63, 3.8) is 0 Å². The van der Waals surface area contributed by atoms with Gasteiger partial charge in [-0.25, -0.2) is 15.0 Å². The van der Waals surface area contributed by atoms with E-state index in [1.807, 2.05) is 11.3 Å². The van der Waals surface area contributed by atoms with E-state index >= 15 is 0 Å². The molecule has 0 spiro atoms. The summed E-state index contributed by atoms with van der Waals surface area (Å²) in [6, 6.07) is 72.0. The van der Waals surface area contributed by atoms with E-state index in [9.17, 15) is 0 Å². The molecule has 5 nitrogen and oxygen atoms in total. The molecule has 0 aliphatic heterocycles. The molecular formula is C57H33N5S2. The van der Waals surface area contributed by atoms with Crippen molar-refractivity contribution in [1.82, 2.24) is 24.1 Å². The highest BCUT2D eigenvalue weighted by atomic mass is 32.1. The van der Waals surface area contributed by atoms with E-state index in [4.69, 9.17) is 15.0 Å². The second kappa shape index (κ2) is 13.8. The number of hydrogen-bond acceptors (Lipinski definition) is 5. The Morgan fingerprint density at radius 3 is 1.52 bits per heavy atom. The molecule has 298 valence electrons. The van der Waals surface area contributed by atoms with E-state index in [1.165, 1.54) is 67.4 Å². The van der Waals surface area contributed by atoms with Crippen LogP contribution in [0.5, 0.6) is 0 Å². The quantitative estimate of drug-likeness (QED) is 0.173. The van der Waals surface area contributed by atoms with E-state index in [0.717, 1.165) is 44.6 Å². The molecule has 14 aromatic rings. The summed E-state index contributed by atoms with van der Waals surface area (Å²) in [6.07, 6.45) is 0. The lowest BCUT2D eigenvalue weighted by Gasteiger charge is -2.14. The highest BCUT2D eigenvalue weighted by Gasteiger charge is 2.22. The smallest absolute Gasteiger partial charge is 0.164 e. The van der Waals surface area contributed by atoms with Crippen molar-refractivity contribution in [2.24, 2.45) is 0 Å². The van der Waals surface area contributed by atoms with Crippen molar-refractivity contribution in [2.75, 3.05) is 0 Å². The summed E-state index contributed by atoms with van der Waals surface area (Å²) in [5.41, 5.74) is 9.60. The number of thiophene rings is 2. The Labute approximate surface area is 374 Å². The van der Waals surface area contributed by atoms with Gasteiger partial charge in [0.15, 0.2) is 17.5 Å². The zero-order chi connectivity index (χ0) is 41.9. The molecule has 0 saturated heterocycles. The van der Waals surface area contributed by atoms with Crippen LogP contribution in [0.25, 0.3) is 129 Å². The number of aromatic nitrogens is 5. The summed E-state index contributed by atoms with van der Waals surface area (Å²) < 4.78 is 9.84. The number of hydrogen-bond donors (Lipinski definition) is 0. The van der Waals surface area contributed by atoms with Crippen LogP contribution in [0.2, 0.25) is 0 Å². The van der Waals surface area contributed by atoms with Gasteiger partial charge in [-0.2, -0.15) is 0 Å². The van der Waals surface area contributed by atoms with Gasteiger partial charge in [0.1, 0.15) is 0 Å². The van der Waals surface area contributed by atoms with Crippen LogP contribution in [-0.2, 0) is 0 Å². The molecule has 0 aliphatic carbocycles. The van der Waals surface area contributed by atoms with Gasteiger partial charge in [0, 0.05) is 84.3 Å². The van der Waals surface area contributed by atoms with Crippen LogP contribution in [0.3, 0.4) is 0 Å². The molecule has 0 bridgehead atoms. The van der Waals surface area contributed by atoms with Crippen molar-refractivity contribution in [1.29, 1.82) is 0 Å². The number of para-hydroxylation sites is 4. The van der Waals surface area contributed by atoms with Gasteiger partial charge in [-0.15, -0.1) is 22.7 Å². The van der Waals surface area contributed by atoms with Crippen molar-refractivity contribution >= 4 is 107 Å². The first-order chi connectivity index (χ1) is 31.7. The Balaban J connectivity index is 1.02. The van der Waals surface area contributed by atoms with Crippen LogP contribution in [0.1, 0.15) is 0 Å². The molecule has 0 fully saturated rings. The molecule has 0 unspecified atom stereocenters. The number of rotatable bonds is 5. The van der Waals surface area contributed by atoms with Gasteiger partial charge < -0.3 is 9.13 Å². The molecule has 0 atom stereocenters. The first-order valence-corrected chi connectivity index (χ1v) is 23.1. The maximum atomic E-state index is 5.33. The fourth-order valence-corrected chi connectivity index (χ4v) is 12.1. The molecule has 0 radical (unpaired) electrons. The fourth-order valence-electron chi connectivity index (χ4n) is 9.89. The standard InChI is InChI=1S/C57H33N5S2/c1-2-13-37(14-3-1)61-46-20-8-5-16-39(46)44-19-12-22-48(54(44)61)62-47-21-9-4-15-38(47)40-28-25-35(32-49(40)62)56-58-55(34-27-30-52-45(31-34)42-18-7-11-24-51(42)63-52)59-57(60-56)36-26-29-43-41-17-6-10-23-50(41)64-53(43)33-36/h1-33H. The minimum atomic E-state index is 0.627. The molecule has 64 heavy (non-hydrogen) atoms. The average molecular weight is 852 g/mol. The average Bonchev–Trinajstić information content (AvgIpc) is 4.11. The van der Waals surface area contributed by atoms with E-state index in [0.29, 0.717) is 17.5 Å². The van der Waals surface area contributed by atoms with Crippen molar-refractivity contribution in [3.05, 3.63) is 200 Å². The van der Waals surface area contributed by atoms with Crippen LogP contribution >= 0.6 is 22.7 Å². The third-order valence-corrected chi connectivity index (χ3v) is 15.1. The molecule has 0 saturated carbocycles. The molecule has 0 aliphatic rings. The second-order valence-corrected chi connectivity index (χ2v) is 18.5. The largest absolute Gasteiger partial charge is 0.307 e. The third-order valence-electron chi connectivity index (χ3n) is 12.8. The Bertz CT molecular complexity index is 4210. The van der Waals surface area contributed by atoms with Crippen molar-refractivity contribution in [2.45, 2.75) is 0 Å². The van der Waals surface area contributed by atoms with Gasteiger partial charge in [-0.05, 0) is 72.8 Å². The summed E-state index contributed by atoms with van der Waals surface area (Å²) in [4.78, 5) is 15.9. The van der Waals surface area contributed by atoms with Gasteiger partial charge in [0.2, 0.25) is 0 Å². The van der Waals surface area contributed by atoms with E-state index in [-0.39, 0.29) is 0 Å². The van der Waals surface area contributed by atoms with Gasteiger partial charge >= 0.3 is 0 Å². The molecular weight excluding hydrogens is 819 g/mol. The van der Waals surface area contributed by atoms with E-state index < -0.39 is 0 Å². The predicted molar refractivity (Wildman–Crippen MR) is 271 cm³/mol. The summed E-state index contributed by atoms with van der Waals surface area (Å²) in [5.74, 6) is 1.92. The van der Waals surface area contributed by atoms with Crippen molar-refractivity contribution in [3.8, 4) is 45.5 Å². The molecule has 0 N–H and O–H groups in total. The van der Waals surface area contributed by atoms with Crippen LogP contribution in [0.15, 0.2) is 200 Å². The third kappa shape index (κ3) is 5.32. The lowest BCUT2D eigenvalue weighted by Crippen LogP contribution is -2.01. The number of benzene rings is 9. The fraction of sp³-hybridized carbons (Fsp3) is 0. The Morgan fingerprint density at radius 2 is 0.781 bits per heavy atom. The first kappa shape index (κ1) is 35.6. The Hall–Kier alpha value is -7.97. The first-order valence-electron chi connectivity index (χ1n) is 21.4. The van der Waals surface area contributed by atoms with E-state index in [2.05, 4.69) is 209 Å². The molecule has 14 rings (SSSR count). The topological polar surface area (TPSA) is 48.5 Å². The molecule has 0 amide bonds. The summed E-state index contributed by atoms with van der Waals surface area (Å²) in [5, 5.41) is 9.75. The number of fused-ring (bicyclic) bond motifs is 12. The van der Waals surface area contributed by atoms with Gasteiger partial charge in [0.05, 0.1) is 27.8 Å². The van der Waals surface area contributed by atoms with E-state index in [1.54, 1.807) is 11.3 Å². The normalized spacial score (nSPS) is 12.1. The summed E-state index contributed by atoms with van der Waals surface area (Å²) >= 11 is 3.62. The minimum absolute atomic E-state index is 0.627. The lowest BCUT2D eigenvalue weighted by molar-refractivity contribution is 1.07. The molecule has 5 heterocycles. The zero-order valence-corrected chi connectivity index (χ0v) is 35.7. The maximum absolute atomic E-state index is 5.33. The zero-order valence-electron chi connectivity index (χ0n) is 34.1. The van der Waals surface area contributed by atoms with Crippen molar-refractivity contribution < 1.29 is 0 Å². The number of nitrogens with zero attached hydrogens (tertiary/aromatic N) is 5. The summed E-state index contributed by atoms with van der Waals surface area (Å²) in [7, 11) is 0. The van der Waals surface area contributed by atoms with Gasteiger partial charge in [0.25, 0.3) is 0 Å². The molecule has 9 aromatic carbocycles. The highest BCUT2D eigenvalue weighted by molar-refractivity contribution is 7.26. The highest BCUT2D eigenvalue weighted by Crippen LogP contribution is 2.42. The van der Waals surface area contributed by atoms with Crippen LogP contribution in [0.4, 0.5) is 0 Å². The Kier molecular flexibility index (Phi) is 7.66.